The molecule has 0 spiro atoms. The Hall–Kier alpha value is -3.62. The van der Waals surface area contributed by atoms with Gasteiger partial charge in [0.2, 0.25) is 17.6 Å². The fourth-order valence-electron chi connectivity index (χ4n) is 2.70. The lowest BCUT2D eigenvalue weighted by atomic mass is 10.1. The molecule has 28 heavy (non-hydrogen) atoms. The topological polar surface area (TPSA) is 115 Å². The zero-order valence-electron chi connectivity index (χ0n) is 15.5. The second-order valence-corrected chi connectivity index (χ2v) is 6.28. The molecule has 2 aromatic heterocycles. The maximum absolute atomic E-state index is 12.5. The number of amides is 1. The second kappa shape index (κ2) is 8.38. The minimum absolute atomic E-state index is 0.000278. The summed E-state index contributed by atoms with van der Waals surface area (Å²) in [4.78, 5) is 32.8. The fraction of sp³-hybridized carbons (Fsp3) is 0.263. The van der Waals surface area contributed by atoms with Gasteiger partial charge in [0.15, 0.2) is 0 Å². The van der Waals surface area contributed by atoms with Crippen LogP contribution in [0.5, 0.6) is 0 Å². The van der Waals surface area contributed by atoms with E-state index in [0.717, 1.165) is 5.56 Å². The Bertz CT molecular complexity index is 973. The van der Waals surface area contributed by atoms with Gasteiger partial charge in [0, 0.05) is 50.0 Å². The van der Waals surface area contributed by atoms with Crippen LogP contribution < -0.4 is 0 Å². The Balaban J connectivity index is 1.61. The summed E-state index contributed by atoms with van der Waals surface area (Å²) in [6.45, 7) is 1.82. The van der Waals surface area contributed by atoms with E-state index in [1.807, 2.05) is 6.92 Å². The Kier molecular flexibility index (Phi) is 5.73. The van der Waals surface area contributed by atoms with Gasteiger partial charge in [-0.15, -0.1) is 0 Å². The van der Waals surface area contributed by atoms with Crippen LogP contribution in [-0.4, -0.2) is 37.9 Å². The molecule has 3 rings (SSSR count). The number of hydrogen-bond acceptors (Lipinski definition) is 7. The van der Waals surface area contributed by atoms with Crippen molar-refractivity contribution in [3.05, 3.63) is 70.4 Å². The van der Waals surface area contributed by atoms with Crippen molar-refractivity contribution in [3.63, 3.8) is 0 Å². The first-order valence-corrected chi connectivity index (χ1v) is 8.68. The van der Waals surface area contributed by atoms with E-state index in [2.05, 4.69) is 15.1 Å². The second-order valence-electron chi connectivity index (χ2n) is 6.28. The first-order valence-electron chi connectivity index (χ1n) is 8.68. The van der Waals surface area contributed by atoms with Crippen LogP contribution in [0.25, 0.3) is 11.4 Å². The summed E-state index contributed by atoms with van der Waals surface area (Å²) < 4.78 is 5.21. The minimum atomic E-state index is -0.450. The van der Waals surface area contributed by atoms with E-state index >= 15 is 0 Å². The molecule has 0 radical (unpaired) electrons. The van der Waals surface area contributed by atoms with Crippen molar-refractivity contribution in [3.8, 4) is 11.4 Å². The number of pyridine rings is 1. The fourth-order valence-corrected chi connectivity index (χ4v) is 2.70. The molecule has 3 aromatic rings. The standard InChI is InChI=1S/C19H19N5O4/c1-13(15-4-3-5-16(12-15)24(26)27)23(2)18(25)7-6-17-21-19(22-28-17)14-8-10-20-11-9-14/h3-5,8-13H,6-7H2,1-2H3. The molecule has 144 valence electrons. The van der Waals surface area contributed by atoms with E-state index in [-0.39, 0.29) is 24.1 Å². The van der Waals surface area contributed by atoms with Crippen LogP contribution in [-0.2, 0) is 11.2 Å². The van der Waals surface area contributed by atoms with Crippen LogP contribution in [0.2, 0.25) is 0 Å². The molecular formula is C19H19N5O4. The average Bonchev–Trinajstić information content (AvgIpc) is 3.20. The molecule has 0 bridgehead atoms. The Morgan fingerprint density at radius 1 is 1.29 bits per heavy atom. The lowest BCUT2D eigenvalue weighted by molar-refractivity contribution is -0.384. The quantitative estimate of drug-likeness (QED) is 0.456. The summed E-state index contributed by atoms with van der Waals surface area (Å²) in [5, 5.41) is 14.9. The van der Waals surface area contributed by atoms with Gasteiger partial charge in [-0.25, -0.2) is 0 Å². The SMILES string of the molecule is CC(c1cccc([N+](=O)[O-])c1)N(C)C(=O)CCc1nc(-c2ccncc2)no1. The van der Waals surface area contributed by atoms with E-state index < -0.39 is 4.92 Å². The van der Waals surface area contributed by atoms with Gasteiger partial charge in [-0.3, -0.25) is 19.9 Å². The van der Waals surface area contributed by atoms with Gasteiger partial charge in [0.1, 0.15) is 0 Å². The molecule has 1 amide bonds. The van der Waals surface area contributed by atoms with Crippen LogP contribution in [0.1, 0.15) is 30.8 Å². The largest absolute Gasteiger partial charge is 0.339 e. The van der Waals surface area contributed by atoms with Crippen molar-refractivity contribution in [1.82, 2.24) is 20.0 Å². The number of carbonyl (C=O) groups is 1. The van der Waals surface area contributed by atoms with Crippen LogP contribution >= 0.6 is 0 Å². The van der Waals surface area contributed by atoms with E-state index in [0.29, 0.717) is 23.7 Å². The van der Waals surface area contributed by atoms with Crippen LogP contribution in [0.3, 0.4) is 0 Å². The van der Waals surface area contributed by atoms with Gasteiger partial charge in [-0.1, -0.05) is 17.3 Å². The van der Waals surface area contributed by atoms with Gasteiger partial charge in [0.05, 0.1) is 11.0 Å². The van der Waals surface area contributed by atoms with Gasteiger partial charge in [0.25, 0.3) is 5.69 Å². The molecular weight excluding hydrogens is 362 g/mol. The normalized spacial score (nSPS) is 11.8. The van der Waals surface area contributed by atoms with E-state index in [1.165, 1.54) is 12.1 Å². The van der Waals surface area contributed by atoms with Crippen molar-refractivity contribution >= 4 is 11.6 Å². The van der Waals surface area contributed by atoms with Crippen LogP contribution in [0, 0.1) is 10.1 Å². The number of hydrogen-bond donors (Lipinski definition) is 0. The van der Waals surface area contributed by atoms with Crippen molar-refractivity contribution in [2.24, 2.45) is 0 Å². The zero-order chi connectivity index (χ0) is 20.1. The number of non-ortho nitro benzene ring substituents is 1. The predicted octanol–water partition coefficient (Wildman–Crippen LogP) is 3.19. The number of nitro groups is 1. The average molecular weight is 381 g/mol. The molecule has 9 heteroatoms. The van der Waals surface area contributed by atoms with Crippen LogP contribution in [0.15, 0.2) is 53.3 Å². The lowest BCUT2D eigenvalue weighted by Crippen LogP contribution is -2.29. The molecule has 0 N–H and O–H groups in total. The van der Waals surface area contributed by atoms with Crippen molar-refractivity contribution < 1.29 is 14.2 Å². The number of carbonyl (C=O) groups excluding carboxylic acids is 1. The molecule has 1 atom stereocenters. The number of nitrogens with zero attached hydrogens (tertiary/aromatic N) is 5. The van der Waals surface area contributed by atoms with E-state index in [4.69, 9.17) is 4.52 Å². The van der Waals surface area contributed by atoms with E-state index in [9.17, 15) is 14.9 Å². The Morgan fingerprint density at radius 3 is 2.75 bits per heavy atom. The summed E-state index contributed by atoms with van der Waals surface area (Å²) in [5.74, 6) is 0.697. The molecule has 0 aliphatic carbocycles. The molecule has 2 heterocycles. The first kappa shape index (κ1) is 19.2. The number of nitro benzene ring substituents is 1. The number of benzene rings is 1. The summed E-state index contributed by atoms with van der Waals surface area (Å²) in [6, 6.07) is 9.52. The third kappa shape index (κ3) is 4.37. The number of aryl methyl sites for hydroxylation is 1. The highest BCUT2D eigenvalue weighted by molar-refractivity contribution is 5.76. The zero-order valence-corrected chi connectivity index (χ0v) is 15.5. The first-order chi connectivity index (χ1) is 13.5. The summed E-state index contributed by atoms with van der Waals surface area (Å²) >= 11 is 0. The summed E-state index contributed by atoms with van der Waals surface area (Å²) in [5.41, 5.74) is 1.48. The molecule has 0 saturated heterocycles. The molecule has 0 aliphatic rings. The third-order valence-corrected chi connectivity index (χ3v) is 4.50. The predicted molar refractivity (Wildman–Crippen MR) is 100 cm³/mol. The number of rotatable bonds is 7. The smallest absolute Gasteiger partial charge is 0.269 e. The summed E-state index contributed by atoms with van der Waals surface area (Å²) in [6.07, 6.45) is 3.77. The van der Waals surface area contributed by atoms with Crippen molar-refractivity contribution in [2.75, 3.05) is 7.05 Å². The van der Waals surface area contributed by atoms with Crippen molar-refractivity contribution in [1.29, 1.82) is 0 Å². The highest BCUT2D eigenvalue weighted by Gasteiger charge is 2.20. The molecule has 1 unspecified atom stereocenters. The van der Waals surface area contributed by atoms with Crippen molar-refractivity contribution in [2.45, 2.75) is 25.8 Å². The van der Waals surface area contributed by atoms with Gasteiger partial charge in [-0.2, -0.15) is 4.98 Å². The van der Waals surface area contributed by atoms with Gasteiger partial charge < -0.3 is 9.42 Å². The van der Waals surface area contributed by atoms with Crippen LogP contribution in [0.4, 0.5) is 5.69 Å². The maximum Gasteiger partial charge on any atom is 0.269 e. The van der Waals surface area contributed by atoms with E-state index in [1.54, 1.807) is 48.6 Å². The number of aromatic nitrogens is 3. The molecule has 0 saturated carbocycles. The third-order valence-electron chi connectivity index (χ3n) is 4.50. The highest BCUT2D eigenvalue weighted by atomic mass is 16.6. The Morgan fingerprint density at radius 2 is 2.04 bits per heavy atom. The lowest BCUT2D eigenvalue weighted by Gasteiger charge is -2.25. The minimum Gasteiger partial charge on any atom is -0.339 e. The van der Waals surface area contributed by atoms with Gasteiger partial charge in [-0.05, 0) is 24.6 Å². The molecule has 0 fully saturated rings. The van der Waals surface area contributed by atoms with Gasteiger partial charge >= 0.3 is 0 Å². The summed E-state index contributed by atoms with van der Waals surface area (Å²) in [7, 11) is 1.67. The molecule has 9 nitrogen and oxygen atoms in total. The molecule has 1 aromatic carbocycles. The monoisotopic (exact) mass is 381 g/mol. The highest BCUT2D eigenvalue weighted by Crippen LogP contribution is 2.24. The maximum atomic E-state index is 12.5. The molecule has 0 aliphatic heterocycles. The Labute approximate surface area is 161 Å².